The summed E-state index contributed by atoms with van der Waals surface area (Å²) in [6.07, 6.45) is 4.69. The molecule has 2 aliphatic rings. The average molecular weight is 399 g/mol. The van der Waals surface area contributed by atoms with Crippen LogP contribution in [0.4, 0.5) is 0 Å². The second kappa shape index (κ2) is 6.80. The predicted molar refractivity (Wildman–Crippen MR) is 106 cm³/mol. The number of hydrogen-bond acceptors (Lipinski definition) is 7. The third-order valence-electron chi connectivity index (χ3n) is 4.93. The van der Waals surface area contributed by atoms with Crippen LogP contribution in [0.15, 0.2) is 23.2 Å². The van der Waals surface area contributed by atoms with Crippen molar-refractivity contribution in [1.29, 1.82) is 0 Å². The van der Waals surface area contributed by atoms with Gasteiger partial charge in [0.1, 0.15) is 15.7 Å². The van der Waals surface area contributed by atoms with Crippen LogP contribution in [0.2, 0.25) is 0 Å². The van der Waals surface area contributed by atoms with Crippen molar-refractivity contribution in [3.05, 3.63) is 40.0 Å². The molecular formula is C20H18N2O3S2. The number of nitrogens with zero attached hydrogens (tertiary/aromatic N) is 2. The number of ketones is 1. The maximum absolute atomic E-state index is 12.7. The molecule has 0 N–H and O–H groups in total. The Kier molecular flexibility index (Phi) is 4.28. The summed E-state index contributed by atoms with van der Waals surface area (Å²) in [4.78, 5) is 24.5. The fourth-order valence-electron chi connectivity index (χ4n) is 3.62. The van der Waals surface area contributed by atoms with E-state index in [9.17, 15) is 4.79 Å². The highest BCUT2D eigenvalue weighted by molar-refractivity contribution is 8.00. The molecule has 0 amide bonds. The number of hydrogen-bond donors (Lipinski definition) is 0. The Morgan fingerprint density at radius 3 is 2.96 bits per heavy atom. The van der Waals surface area contributed by atoms with Crippen molar-refractivity contribution >= 4 is 39.1 Å². The highest BCUT2D eigenvalue weighted by atomic mass is 32.2. The Labute approximate surface area is 165 Å². The number of thioether (sulfide) groups is 1. The number of rotatable bonds is 4. The van der Waals surface area contributed by atoms with Crippen molar-refractivity contribution in [2.24, 2.45) is 0 Å². The van der Waals surface area contributed by atoms with E-state index in [1.807, 2.05) is 6.92 Å². The molecule has 3 aromatic rings. The highest BCUT2D eigenvalue weighted by Crippen LogP contribution is 2.40. The van der Waals surface area contributed by atoms with Gasteiger partial charge in [0.25, 0.3) is 0 Å². The standard InChI is InChI=1S/C20H18N2O3S2/c1-11-21-19(18-13-4-2-3-5-17(13)27-20(18)22-11)26-9-14(23)12-6-7-15-16(8-12)25-10-24-15/h6-8H,2-5,9-10H2,1H3. The van der Waals surface area contributed by atoms with Gasteiger partial charge in [0.15, 0.2) is 17.3 Å². The van der Waals surface area contributed by atoms with Gasteiger partial charge in [-0.2, -0.15) is 0 Å². The summed E-state index contributed by atoms with van der Waals surface area (Å²) in [7, 11) is 0. The predicted octanol–water partition coefficient (Wildman–Crippen LogP) is 4.58. The number of carbonyl (C=O) groups excluding carboxylic acids is 1. The second-order valence-corrected chi connectivity index (χ2v) is 8.79. The Balaban J connectivity index is 1.43. The summed E-state index contributed by atoms with van der Waals surface area (Å²) in [5.74, 6) is 2.50. The van der Waals surface area contributed by atoms with Gasteiger partial charge >= 0.3 is 0 Å². The first kappa shape index (κ1) is 17.0. The molecule has 0 unspecified atom stereocenters. The van der Waals surface area contributed by atoms with E-state index in [2.05, 4.69) is 9.97 Å². The molecule has 5 nitrogen and oxygen atoms in total. The first-order chi connectivity index (χ1) is 13.2. The summed E-state index contributed by atoms with van der Waals surface area (Å²) >= 11 is 3.30. The van der Waals surface area contributed by atoms with Crippen LogP contribution < -0.4 is 9.47 Å². The van der Waals surface area contributed by atoms with E-state index in [1.165, 1.54) is 40.4 Å². The Morgan fingerprint density at radius 2 is 2.04 bits per heavy atom. The molecule has 0 spiro atoms. The zero-order chi connectivity index (χ0) is 18.4. The zero-order valence-electron chi connectivity index (χ0n) is 14.9. The van der Waals surface area contributed by atoms with Gasteiger partial charge in [0.05, 0.1) is 5.75 Å². The van der Waals surface area contributed by atoms with E-state index in [0.29, 0.717) is 22.8 Å². The molecule has 0 saturated heterocycles. The largest absolute Gasteiger partial charge is 0.454 e. The van der Waals surface area contributed by atoms with Crippen molar-refractivity contribution in [3.8, 4) is 11.5 Å². The second-order valence-electron chi connectivity index (χ2n) is 6.75. The van der Waals surface area contributed by atoms with Crippen LogP contribution >= 0.6 is 23.1 Å². The molecular weight excluding hydrogens is 380 g/mol. The van der Waals surface area contributed by atoms with Crippen molar-refractivity contribution in [1.82, 2.24) is 9.97 Å². The van der Waals surface area contributed by atoms with Gasteiger partial charge < -0.3 is 9.47 Å². The van der Waals surface area contributed by atoms with Gasteiger partial charge in [-0.3, -0.25) is 4.79 Å². The third-order valence-corrected chi connectivity index (χ3v) is 7.09. The zero-order valence-corrected chi connectivity index (χ0v) is 16.5. The molecule has 0 fully saturated rings. The topological polar surface area (TPSA) is 61.3 Å². The summed E-state index contributed by atoms with van der Waals surface area (Å²) in [5.41, 5.74) is 2.04. The van der Waals surface area contributed by atoms with Gasteiger partial charge in [-0.1, -0.05) is 11.8 Å². The molecule has 3 heterocycles. The van der Waals surface area contributed by atoms with E-state index in [4.69, 9.17) is 9.47 Å². The van der Waals surface area contributed by atoms with E-state index >= 15 is 0 Å². The van der Waals surface area contributed by atoms with Crippen LogP contribution in [0.5, 0.6) is 11.5 Å². The van der Waals surface area contributed by atoms with Crippen LogP contribution in [0.3, 0.4) is 0 Å². The molecule has 5 rings (SSSR count). The van der Waals surface area contributed by atoms with Gasteiger partial charge in [-0.05, 0) is 56.4 Å². The van der Waals surface area contributed by atoms with Crippen molar-refractivity contribution in [3.63, 3.8) is 0 Å². The van der Waals surface area contributed by atoms with Crippen molar-refractivity contribution in [2.45, 2.75) is 37.6 Å². The van der Waals surface area contributed by atoms with Gasteiger partial charge in [0, 0.05) is 15.8 Å². The fourth-order valence-corrected chi connectivity index (χ4v) is 5.98. The number of carbonyl (C=O) groups is 1. The van der Waals surface area contributed by atoms with Crippen molar-refractivity contribution in [2.75, 3.05) is 12.5 Å². The van der Waals surface area contributed by atoms with Crippen LogP contribution in [0.25, 0.3) is 10.2 Å². The molecule has 2 aromatic heterocycles. The van der Waals surface area contributed by atoms with Gasteiger partial charge in [0.2, 0.25) is 6.79 Å². The highest BCUT2D eigenvalue weighted by Gasteiger charge is 2.22. The Morgan fingerprint density at radius 1 is 1.19 bits per heavy atom. The minimum Gasteiger partial charge on any atom is -0.454 e. The van der Waals surface area contributed by atoms with Crippen LogP contribution in [-0.2, 0) is 12.8 Å². The Bertz CT molecular complexity index is 1060. The summed E-state index contributed by atoms with van der Waals surface area (Å²) < 4.78 is 10.7. The SMILES string of the molecule is Cc1nc(SCC(=O)c2ccc3c(c2)OCO3)c2c3c(sc2n1)CCCC3. The fraction of sp³-hybridized carbons (Fsp3) is 0.350. The first-order valence-electron chi connectivity index (χ1n) is 9.03. The van der Waals surface area contributed by atoms with Crippen molar-refractivity contribution < 1.29 is 14.3 Å². The van der Waals surface area contributed by atoms with E-state index in [-0.39, 0.29) is 12.6 Å². The van der Waals surface area contributed by atoms with Crippen LogP contribution in [0, 0.1) is 6.92 Å². The van der Waals surface area contributed by atoms with Gasteiger partial charge in [-0.25, -0.2) is 9.97 Å². The molecule has 1 aliphatic heterocycles. The number of benzene rings is 1. The number of ether oxygens (including phenoxy) is 2. The molecule has 27 heavy (non-hydrogen) atoms. The number of aryl methyl sites for hydroxylation is 3. The van der Waals surface area contributed by atoms with E-state index in [0.717, 1.165) is 28.5 Å². The summed E-state index contributed by atoms with van der Waals surface area (Å²) in [5, 5.41) is 2.11. The molecule has 0 bridgehead atoms. The lowest BCUT2D eigenvalue weighted by Gasteiger charge is -2.11. The number of fused-ring (bicyclic) bond motifs is 4. The molecule has 0 saturated carbocycles. The number of aromatic nitrogens is 2. The Hall–Kier alpha value is -2.12. The van der Waals surface area contributed by atoms with Crippen LogP contribution in [0.1, 0.15) is 39.5 Å². The van der Waals surface area contributed by atoms with E-state index < -0.39 is 0 Å². The summed E-state index contributed by atoms with van der Waals surface area (Å²) in [6.45, 7) is 2.13. The lowest BCUT2D eigenvalue weighted by Crippen LogP contribution is -2.04. The van der Waals surface area contributed by atoms with E-state index in [1.54, 1.807) is 29.5 Å². The minimum atomic E-state index is 0.0619. The minimum absolute atomic E-state index is 0.0619. The number of Topliss-reactive ketones (excluding diaryl/α,β-unsaturated/α-hetero) is 1. The maximum Gasteiger partial charge on any atom is 0.231 e. The lowest BCUT2D eigenvalue weighted by molar-refractivity contribution is 0.102. The number of thiophene rings is 1. The molecule has 1 aliphatic carbocycles. The summed E-state index contributed by atoms with van der Waals surface area (Å²) in [6, 6.07) is 5.35. The average Bonchev–Trinajstić information content (AvgIpc) is 3.28. The maximum atomic E-state index is 12.7. The lowest BCUT2D eigenvalue weighted by atomic mass is 9.97. The van der Waals surface area contributed by atoms with Gasteiger partial charge in [-0.15, -0.1) is 11.3 Å². The molecule has 0 radical (unpaired) electrons. The third kappa shape index (κ3) is 3.08. The molecule has 7 heteroatoms. The molecule has 138 valence electrons. The molecule has 1 aromatic carbocycles. The smallest absolute Gasteiger partial charge is 0.231 e. The van der Waals surface area contributed by atoms with Crippen LogP contribution in [-0.4, -0.2) is 28.3 Å². The normalized spacial score (nSPS) is 15.1. The first-order valence-corrected chi connectivity index (χ1v) is 10.8. The monoisotopic (exact) mass is 398 g/mol. The quantitative estimate of drug-likeness (QED) is 0.364. The molecule has 0 atom stereocenters.